The predicted octanol–water partition coefficient (Wildman–Crippen LogP) is 7.06. The first-order valence-electron chi connectivity index (χ1n) is 8.53. The first kappa shape index (κ1) is 18.2. The lowest BCUT2D eigenvalue weighted by atomic mass is 10.1. The van der Waals surface area contributed by atoms with Crippen LogP contribution in [0.2, 0.25) is 5.02 Å². The van der Waals surface area contributed by atoms with Crippen molar-refractivity contribution in [2.45, 2.75) is 16.6 Å². The number of benzene rings is 2. The number of nitrogens with zero attached hydrogens (tertiary/aromatic N) is 1. The molecule has 0 aliphatic rings. The third kappa shape index (κ3) is 4.24. The number of Topliss-reactive ketones (excluding diaryl/α,β-unsaturated/α-hetero) is 1. The standard InChI is InChI=1S/C22H16ClNOS2/c23-17-10-8-15(9-11-17)21(14-18(25)19-7-3-13-26-19)27-20-6-1-4-16-5-2-12-24-22(16)20/h1-13,21H,14H2/t21-/m0/s1. The van der Waals surface area contributed by atoms with Crippen molar-refractivity contribution in [3.8, 4) is 0 Å². The number of aromatic nitrogens is 1. The molecule has 0 unspecified atom stereocenters. The molecule has 4 rings (SSSR count). The van der Waals surface area contributed by atoms with E-state index in [9.17, 15) is 4.79 Å². The van der Waals surface area contributed by atoms with Gasteiger partial charge in [-0.3, -0.25) is 9.78 Å². The Morgan fingerprint density at radius 2 is 1.85 bits per heavy atom. The normalized spacial score (nSPS) is 12.2. The van der Waals surface area contributed by atoms with Crippen LogP contribution in [0.3, 0.4) is 0 Å². The van der Waals surface area contributed by atoms with Gasteiger partial charge in [0.15, 0.2) is 5.78 Å². The zero-order chi connectivity index (χ0) is 18.6. The number of fused-ring (bicyclic) bond motifs is 1. The van der Waals surface area contributed by atoms with Gasteiger partial charge >= 0.3 is 0 Å². The minimum Gasteiger partial charge on any atom is -0.293 e. The summed E-state index contributed by atoms with van der Waals surface area (Å²) in [4.78, 5) is 19.2. The van der Waals surface area contributed by atoms with E-state index in [1.807, 2.05) is 53.9 Å². The van der Waals surface area contributed by atoms with Crippen LogP contribution < -0.4 is 0 Å². The highest BCUT2D eigenvalue weighted by atomic mass is 35.5. The van der Waals surface area contributed by atoms with Crippen molar-refractivity contribution in [3.05, 3.63) is 93.8 Å². The van der Waals surface area contributed by atoms with Crippen molar-refractivity contribution in [1.82, 2.24) is 4.98 Å². The summed E-state index contributed by atoms with van der Waals surface area (Å²) in [5.41, 5.74) is 2.05. The van der Waals surface area contributed by atoms with Gasteiger partial charge in [0.2, 0.25) is 0 Å². The molecule has 134 valence electrons. The lowest BCUT2D eigenvalue weighted by molar-refractivity contribution is 0.0986. The van der Waals surface area contributed by atoms with Crippen molar-refractivity contribution in [2.24, 2.45) is 0 Å². The Labute approximate surface area is 171 Å². The molecule has 0 amide bonds. The van der Waals surface area contributed by atoms with E-state index >= 15 is 0 Å². The molecule has 5 heteroatoms. The lowest BCUT2D eigenvalue weighted by Gasteiger charge is -2.17. The molecule has 0 saturated carbocycles. The van der Waals surface area contributed by atoms with Crippen LogP contribution in [0.15, 0.2) is 83.2 Å². The lowest BCUT2D eigenvalue weighted by Crippen LogP contribution is -2.04. The molecule has 4 aromatic rings. The van der Waals surface area contributed by atoms with Gasteiger partial charge < -0.3 is 0 Å². The Bertz CT molecular complexity index is 1060. The highest BCUT2D eigenvalue weighted by molar-refractivity contribution is 7.99. The maximum absolute atomic E-state index is 12.8. The molecule has 0 spiro atoms. The van der Waals surface area contributed by atoms with Crippen molar-refractivity contribution in [1.29, 1.82) is 0 Å². The summed E-state index contributed by atoms with van der Waals surface area (Å²) in [6.07, 6.45) is 2.23. The quantitative estimate of drug-likeness (QED) is 0.252. The molecule has 0 bridgehead atoms. The smallest absolute Gasteiger partial charge is 0.174 e. The molecule has 27 heavy (non-hydrogen) atoms. The van der Waals surface area contributed by atoms with Crippen molar-refractivity contribution in [3.63, 3.8) is 0 Å². The summed E-state index contributed by atoms with van der Waals surface area (Å²) < 4.78 is 0. The fourth-order valence-electron chi connectivity index (χ4n) is 2.94. The first-order valence-corrected chi connectivity index (χ1v) is 10.7. The van der Waals surface area contributed by atoms with Crippen molar-refractivity contribution >= 4 is 51.4 Å². The Hall–Kier alpha value is -2.14. The number of thiophene rings is 1. The Balaban J connectivity index is 1.68. The van der Waals surface area contributed by atoms with E-state index in [0.717, 1.165) is 26.2 Å². The molecule has 1 atom stereocenters. The molecule has 0 aliphatic heterocycles. The van der Waals surface area contributed by atoms with Crippen LogP contribution in [0.25, 0.3) is 10.9 Å². The number of halogens is 1. The number of hydrogen-bond donors (Lipinski definition) is 0. The van der Waals surface area contributed by atoms with Crippen LogP contribution >= 0.6 is 34.7 Å². The second-order valence-corrected chi connectivity index (χ2v) is 8.72. The number of ketones is 1. The van der Waals surface area contributed by atoms with Gasteiger partial charge in [-0.1, -0.05) is 48.0 Å². The summed E-state index contributed by atoms with van der Waals surface area (Å²) in [5.74, 6) is 0.158. The topological polar surface area (TPSA) is 30.0 Å². The highest BCUT2D eigenvalue weighted by Gasteiger charge is 2.20. The third-order valence-electron chi connectivity index (χ3n) is 4.27. The number of carbonyl (C=O) groups is 1. The van der Waals surface area contributed by atoms with Gasteiger partial charge in [-0.05, 0) is 41.3 Å². The van der Waals surface area contributed by atoms with Crippen LogP contribution in [-0.4, -0.2) is 10.8 Å². The Morgan fingerprint density at radius 3 is 2.63 bits per heavy atom. The second kappa shape index (κ2) is 8.26. The summed E-state index contributed by atoms with van der Waals surface area (Å²) >= 11 is 9.23. The van der Waals surface area contributed by atoms with Crippen LogP contribution in [0, 0.1) is 0 Å². The maximum Gasteiger partial charge on any atom is 0.174 e. The molecule has 0 fully saturated rings. The number of para-hydroxylation sites is 1. The average molecular weight is 410 g/mol. The monoisotopic (exact) mass is 409 g/mol. The molecular formula is C22H16ClNOS2. The van der Waals surface area contributed by atoms with Gasteiger partial charge in [-0.2, -0.15) is 0 Å². The van der Waals surface area contributed by atoms with Crippen molar-refractivity contribution < 1.29 is 4.79 Å². The number of rotatable bonds is 6. The van der Waals surface area contributed by atoms with E-state index in [1.54, 1.807) is 18.0 Å². The molecule has 0 radical (unpaired) electrons. The maximum atomic E-state index is 12.8. The first-order chi connectivity index (χ1) is 13.2. The molecular weight excluding hydrogens is 394 g/mol. The molecule has 2 heterocycles. The van der Waals surface area contributed by atoms with E-state index < -0.39 is 0 Å². The van der Waals surface area contributed by atoms with Crippen LogP contribution in [0.5, 0.6) is 0 Å². The van der Waals surface area contributed by atoms with E-state index in [1.165, 1.54) is 11.3 Å². The zero-order valence-corrected chi connectivity index (χ0v) is 16.7. The number of pyridine rings is 1. The summed E-state index contributed by atoms with van der Waals surface area (Å²) in [5, 5.41) is 3.72. The summed E-state index contributed by atoms with van der Waals surface area (Å²) in [6, 6.07) is 21.7. The van der Waals surface area contributed by atoms with Gasteiger partial charge in [-0.15, -0.1) is 23.1 Å². The fourth-order valence-corrected chi connectivity index (χ4v) is 5.01. The molecule has 2 aromatic heterocycles. The summed E-state index contributed by atoms with van der Waals surface area (Å²) in [6.45, 7) is 0. The van der Waals surface area contributed by atoms with Crippen molar-refractivity contribution in [2.75, 3.05) is 0 Å². The van der Waals surface area contributed by atoms with E-state index in [0.29, 0.717) is 11.4 Å². The highest BCUT2D eigenvalue weighted by Crippen LogP contribution is 2.41. The largest absolute Gasteiger partial charge is 0.293 e. The predicted molar refractivity (Wildman–Crippen MR) is 115 cm³/mol. The number of hydrogen-bond acceptors (Lipinski definition) is 4. The Kier molecular flexibility index (Phi) is 5.58. The SMILES string of the molecule is O=C(C[C@H](Sc1cccc2cccnc12)c1ccc(Cl)cc1)c1cccs1. The molecule has 0 aliphatic carbocycles. The van der Waals surface area contributed by atoms with E-state index in [-0.39, 0.29) is 11.0 Å². The Morgan fingerprint density at radius 1 is 1.04 bits per heavy atom. The van der Waals surface area contributed by atoms with Crippen LogP contribution in [-0.2, 0) is 0 Å². The second-order valence-electron chi connectivity index (χ2n) is 6.09. The third-order valence-corrected chi connectivity index (χ3v) is 6.74. The van der Waals surface area contributed by atoms with E-state index in [4.69, 9.17) is 11.6 Å². The molecule has 0 N–H and O–H groups in total. The molecule has 2 nitrogen and oxygen atoms in total. The summed E-state index contributed by atoms with van der Waals surface area (Å²) in [7, 11) is 0. The van der Waals surface area contributed by atoms with Gasteiger partial charge in [0.05, 0.1) is 10.4 Å². The number of carbonyl (C=O) groups excluding carboxylic acids is 1. The zero-order valence-electron chi connectivity index (χ0n) is 14.3. The minimum atomic E-state index is -0.00975. The van der Waals surface area contributed by atoms with Gasteiger partial charge in [0, 0.05) is 33.2 Å². The van der Waals surface area contributed by atoms with Crippen LogP contribution in [0.1, 0.15) is 26.9 Å². The molecule has 0 saturated heterocycles. The average Bonchev–Trinajstić information content (AvgIpc) is 3.23. The number of thioether (sulfide) groups is 1. The van der Waals surface area contributed by atoms with E-state index in [2.05, 4.69) is 23.2 Å². The molecule has 2 aromatic carbocycles. The van der Waals surface area contributed by atoms with Gasteiger partial charge in [-0.25, -0.2) is 0 Å². The van der Waals surface area contributed by atoms with Gasteiger partial charge in [0.25, 0.3) is 0 Å². The van der Waals surface area contributed by atoms with Crippen LogP contribution in [0.4, 0.5) is 0 Å². The van der Waals surface area contributed by atoms with Gasteiger partial charge in [0.1, 0.15) is 0 Å². The minimum absolute atomic E-state index is 0.00975. The fraction of sp³-hybridized carbons (Fsp3) is 0.0909.